The van der Waals surface area contributed by atoms with E-state index in [1.54, 1.807) is 0 Å². The summed E-state index contributed by atoms with van der Waals surface area (Å²) in [7, 11) is -3.74. The Balaban J connectivity index is 2.92. The summed E-state index contributed by atoms with van der Waals surface area (Å²) in [4.78, 5) is 10.7. The van der Waals surface area contributed by atoms with Crippen LogP contribution >= 0.6 is 11.3 Å². The number of hydrogen-bond acceptors (Lipinski definition) is 4. The van der Waals surface area contributed by atoms with Gasteiger partial charge in [-0.15, -0.1) is 17.8 Å². The van der Waals surface area contributed by atoms with Gasteiger partial charge in [0.1, 0.15) is 9.09 Å². The third-order valence-corrected chi connectivity index (χ3v) is 5.17. The number of carboxylic acids is 1. The summed E-state index contributed by atoms with van der Waals surface area (Å²) in [5, 5.41) is 8.74. The summed E-state index contributed by atoms with van der Waals surface area (Å²) in [5.41, 5.74) is 0. The summed E-state index contributed by atoms with van der Waals surface area (Å²) in [6, 6.07) is 1.94. The van der Waals surface area contributed by atoms with Crippen LogP contribution in [-0.4, -0.2) is 25.5 Å². The monoisotopic (exact) mass is 287 g/mol. The van der Waals surface area contributed by atoms with E-state index < -0.39 is 22.0 Å². The van der Waals surface area contributed by atoms with E-state index in [4.69, 9.17) is 11.5 Å². The number of sulfonamides is 1. The Bertz CT molecular complexity index is 568. The van der Waals surface area contributed by atoms with Gasteiger partial charge in [-0.1, -0.05) is 19.3 Å². The molecular weight excluding hydrogens is 274 g/mol. The molecule has 0 aliphatic carbocycles. The van der Waals surface area contributed by atoms with Gasteiger partial charge in [-0.2, -0.15) is 4.72 Å². The van der Waals surface area contributed by atoms with Crippen molar-refractivity contribution in [2.45, 2.75) is 30.0 Å². The van der Waals surface area contributed by atoms with E-state index in [0.717, 1.165) is 6.42 Å². The minimum Gasteiger partial charge on any atom is -0.477 e. The highest BCUT2D eigenvalue weighted by Gasteiger charge is 2.21. The van der Waals surface area contributed by atoms with Crippen molar-refractivity contribution < 1.29 is 18.3 Å². The molecule has 18 heavy (non-hydrogen) atoms. The number of terminal acetylenes is 1. The van der Waals surface area contributed by atoms with Crippen LogP contribution in [0.25, 0.3) is 0 Å². The molecule has 0 fully saturated rings. The van der Waals surface area contributed by atoms with Crippen LogP contribution in [0.5, 0.6) is 0 Å². The van der Waals surface area contributed by atoms with Crippen LogP contribution in [0.4, 0.5) is 0 Å². The zero-order valence-electron chi connectivity index (χ0n) is 9.71. The van der Waals surface area contributed by atoms with Gasteiger partial charge in [0.05, 0.1) is 6.04 Å². The van der Waals surface area contributed by atoms with E-state index in [0.29, 0.717) is 17.8 Å². The maximum absolute atomic E-state index is 11.9. The maximum Gasteiger partial charge on any atom is 0.345 e. The van der Waals surface area contributed by atoms with Crippen LogP contribution in [0.15, 0.2) is 16.3 Å². The van der Waals surface area contributed by atoms with Gasteiger partial charge in [-0.25, -0.2) is 13.2 Å². The molecule has 1 aromatic rings. The number of nitrogens with one attached hydrogen (secondary N) is 1. The van der Waals surface area contributed by atoms with Gasteiger partial charge in [-0.05, 0) is 18.6 Å². The third-order valence-electron chi connectivity index (χ3n) is 2.13. The zero-order chi connectivity index (χ0) is 13.8. The molecule has 0 bridgehead atoms. The minimum absolute atomic E-state index is 0.0249. The Morgan fingerprint density at radius 1 is 1.61 bits per heavy atom. The molecule has 1 atom stereocenters. The molecule has 0 saturated carbocycles. The molecule has 0 saturated heterocycles. The minimum atomic E-state index is -3.74. The number of carboxylic acid groups (broad SMARTS) is 1. The highest BCUT2D eigenvalue weighted by Crippen LogP contribution is 2.21. The Hall–Kier alpha value is -1.36. The smallest absolute Gasteiger partial charge is 0.345 e. The molecule has 7 heteroatoms. The third kappa shape index (κ3) is 3.57. The van der Waals surface area contributed by atoms with Gasteiger partial charge in [0, 0.05) is 0 Å². The van der Waals surface area contributed by atoms with Gasteiger partial charge >= 0.3 is 5.97 Å². The predicted molar refractivity (Wildman–Crippen MR) is 69.1 cm³/mol. The Morgan fingerprint density at radius 2 is 2.28 bits per heavy atom. The van der Waals surface area contributed by atoms with Crippen LogP contribution in [-0.2, 0) is 10.0 Å². The Morgan fingerprint density at radius 3 is 2.72 bits per heavy atom. The van der Waals surface area contributed by atoms with Crippen LogP contribution in [0, 0.1) is 12.3 Å². The molecule has 0 radical (unpaired) electrons. The topological polar surface area (TPSA) is 83.5 Å². The number of thiophene rings is 1. The van der Waals surface area contributed by atoms with E-state index in [9.17, 15) is 13.2 Å². The zero-order valence-corrected chi connectivity index (χ0v) is 11.3. The maximum atomic E-state index is 11.9. The second kappa shape index (κ2) is 6.00. The van der Waals surface area contributed by atoms with E-state index in [1.807, 2.05) is 6.92 Å². The fourth-order valence-electron chi connectivity index (χ4n) is 1.29. The van der Waals surface area contributed by atoms with Gasteiger partial charge in [-0.3, -0.25) is 0 Å². The lowest BCUT2D eigenvalue weighted by atomic mass is 10.2. The van der Waals surface area contributed by atoms with Crippen LogP contribution < -0.4 is 4.72 Å². The quantitative estimate of drug-likeness (QED) is 0.777. The van der Waals surface area contributed by atoms with Crippen LogP contribution in [0.3, 0.4) is 0 Å². The molecule has 0 aliphatic heterocycles. The molecule has 2 N–H and O–H groups in total. The normalized spacial score (nSPS) is 12.9. The summed E-state index contributed by atoms with van der Waals surface area (Å²) < 4.78 is 26.2. The fraction of sp³-hybridized carbons (Fsp3) is 0.364. The van der Waals surface area contributed by atoms with Crippen molar-refractivity contribution in [2.24, 2.45) is 0 Å². The van der Waals surface area contributed by atoms with Gasteiger partial charge < -0.3 is 5.11 Å². The largest absolute Gasteiger partial charge is 0.477 e. The number of aromatic carboxylic acids is 1. The first-order valence-corrected chi connectivity index (χ1v) is 7.52. The van der Waals surface area contributed by atoms with Crippen molar-refractivity contribution in [3.8, 4) is 12.3 Å². The number of hydrogen-bond donors (Lipinski definition) is 2. The van der Waals surface area contributed by atoms with E-state index in [2.05, 4.69) is 10.6 Å². The average Bonchev–Trinajstić information content (AvgIpc) is 2.78. The molecule has 5 nitrogen and oxygen atoms in total. The summed E-state index contributed by atoms with van der Waals surface area (Å²) in [6.45, 7) is 1.90. The first-order valence-electron chi connectivity index (χ1n) is 5.22. The first kappa shape index (κ1) is 14.7. The van der Waals surface area contributed by atoms with Crippen molar-refractivity contribution in [1.29, 1.82) is 0 Å². The molecule has 1 rings (SSSR count). The van der Waals surface area contributed by atoms with Crippen molar-refractivity contribution in [3.05, 3.63) is 17.0 Å². The van der Waals surface area contributed by atoms with Crippen molar-refractivity contribution in [2.75, 3.05) is 0 Å². The Labute approximate surface area is 110 Å². The van der Waals surface area contributed by atoms with Crippen molar-refractivity contribution >= 4 is 27.3 Å². The molecule has 0 spiro atoms. The van der Waals surface area contributed by atoms with Crippen LogP contribution in [0.2, 0.25) is 0 Å². The lowest BCUT2D eigenvalue weighted by molar-refractivity contribution is 0.0702. The lowest BCUT2D eigenvalue weighted by Crippen LogP contribution is -2.33. The highest BCUT2D eigenvalue weighted by molar-refractivity contribution is 7.91. The average molecular weight is 287 g/mol. The number of rotatable bonds is 6. The fourth-order valence-corrected chi connectivity index (χ4v) is 3.64. The van der Waals surface area contributed by atoms with Crippen molar-refractivity contribution in [3.63, 3.8) is 0 Å². The van der Waals surface area contributed by atoms with Crippen LogP contribution in [0.1, 0.15) is 29.4 Å². The van der Waals surface area contributed by atoms with E-state index >= 15 is 0 Å². The summed E-state index contributed by atoms with van der Waals surface area (Å²) in [5.74, 6) is 1.21. The summed E-state index contributed by atoms with van der Waals surface area (Å²) >= 11 is 0.700. The molecule has 98 valence electrons. The Kier molecular flexibility index (Phi) is 4.90. The molecule has 1 unspecified atom stereocenters. The molecule has 0 aromatic carbocycles. The van der Waals surface area contributed by atoms with E-state index in [1.165, 1.54) is 12.1 Å². The lowest BCUT2D eigenvalue weighted by Gasteiger charge is -2.10. The SMILES string of the molecule is C#CC(CCC)NS(=O)(=O)c1ccc(C(=O)O)s1. The predicted octanol–water partition coefficient (Wildman–Crippen LogP) is 1.53. The second-order valence-electron chi connectivity index (χ2n) is 3.55. The molecule has 1 aromatic heterocycles. The molecule has 1 heterocycles. The van der Waals surface area contributed by atoms with Gasteiger partial charge in [0.25, 0.3) is 10.0 Å². The molecule has 0 amide bonds. The van der Waals surface area contributed by atoms with Crippen molar-refractivity contribution in [1.82, 2.24) is 4.72 Å². The highest BCUT2D eigenvalue weighted by atomic mass is 32.2. The molecular formula is C11H13NO4S2. The van der Waals surface area contributed by atoms with Gasteiger partial charge in [0.15, 0.2) is 0 Å². The first-order chi connectivity index (χ1) is 8.40. The molecule has 0 aliphatic rings. The van der Waals surface area contributed by atoms with E-state index in [-0.39, 0.29) is 9.09 Å². The summed E-state index contributed by atoms with van der Waals surface area (Å²) in [6.07, 6.45) is 6.52. The second-order valence-corrected chi connectivity index (χ2v) is 6.58. The van der Waals surface area contributed by atoms with Gasteiger partial charge in [0.2, 0.25) is 0 Å². The standard InChI is InChI=1S/C11H13NO4S2/c1-3-5-8(4-2)12-18(15,16)10-7-6-9(17-10)11(13)14/h2,6-8,12H,3,5H2,1H3,(H,13,14). The number of carbonyl (C=O) groups is 1.